The number of hydrogen-bond donors (Lipinski definition) is 1. The summed E-state index contributed by atoms with van der Waals surface area (Å²) < 4.78 is 0. The smallest absolute Gasteiger partial charge is 0.231 e. The molecule has 0 aromatic heterocycles. The molecular formula is C21H23N3O. The van der Waals surface area contributed by atoms with Crippen LogP contribution in [0.1, 0.15) is 31.2 Å². The minimum atomic E-state index is -0.401. The van der Waals surface area contributed by atoms with E-state index in [1.807, 2.05) is 6.07 Å². The molecule has 3 atom stereocenters. The molecule has 1 fully saturated rings. The molecule has 1 amide bonds. The number of amides is 1. The second-order valence-corrected chi connectivity index (χ2v) is 7.36. The van der Waals surface area contributed by atoms with Crippen molar-refractivity contribution in [1.29, 1.82) is 0 Å². The Morgan fingerprint density at radius 3 is 2.52 bits per heavy atom. The Kier molecular flexibility index (Phi) is 3.64. The van der Waals surface area contributed by atoms with E-state index in [2.05, 4.69) is 60.4 Å². The molecule has 1 saturated carbocycles. The molecular weight excluding hydrogens is 310 g/mol. The molecule has 1 aliphatic heterocycles. The van der Waals surface area contributed by atoms with Gasteiger partial charge in [-0.2, -0.15) is 0 Å². The number of aliphatic imine (C=N–C) groups is 1. The monoisotopic (exact) mass is 333 g/mol. The number of hydrogen-bond acceptors (Lipinski definition) is 3. The molecule has 0 unspecified atom stereocenters. The van der Waals surface area contributed by atoms with Gasteiger partial charge in [-0.3, -0.25) is 9.69 Å². The Morgan fingerprint density at radius 1 is 1.12 bits per heavy atom. The van der Waals surface area contributed by atoms with Crippen molar-refractivity contribution < 1.29 is 4.79 Å². The van der Waals surface area contributed by atoms with Gasteiger partial charge in [0, 0.05) is 7.05 Å². The fourth-order valence-electron chi connectivity index (χ4n) is 4.07. The first-order valence-corrected chi connectivity index (χ1v) is 8.76. The SMILES string of the molecule is CN1C(=O)C[C@@](C)([C@@H]2C[C@H]2c2ccccc2-c2ccccc2)N=C1N. The van der Waals surface area contributed by atoms with E-state index in [-0.39, 0.29) is 5.91 Å². The van der Waals surface area contributed by atoms with E-state index < -0.39 is 5.54 Å². The summed E-state index contributed by atoms with van der Waals surface area (Å²) in [4.78, 5) is 18.4. The van der Waals surface area contributed by atoms with Gasteiger partial charge in [0.15, 0.2) is 5.96 Å². The van der Waals surface area contributed by atoms with Crippen LogP contribution < -0.4 is 5.73 Å². The van der Waals surface area contributed by atoms with Gasteiger partial charge in [-0.1, -0.05) is 54.6 Å². The lowest BCUT2D eigenvalue weighted by Crippen LogP contribution is -2.49. The normalized spacial score (nSPS) is 28.6. The quantitative estimate of drug-likeness (QED) is 0.936. The highest BCUT2D eigenvalue weighted by Crippen LogP contribution is 2.58. The van der Waals surface area contributed by atoms with E-state index in [9.17, 15) is 4.79 Å². The first-order chi connectivity index (χ1) is 12.0. The van der Waals surface area contributed by atoms with Crippen LogP contribution in [0.3, 0.4) is 0 Å². The number of rotatable bonds is 3. The van der Waals surface area contributed by atoms with Crippen molar-refractivity contribution in [2.24, 2.45) is 16.6 Å². The third-order valence-corrected chi connectivity index (χ3v) is 5.63. The Labute approximate surface area is 148 Å². The number of carbonyl (C=O) groups is 1. The van der Waals surface area contributed by atoms with Crippen LogP contribution in [0.2, 0.25) is 0 Å². The summed E-state index contributed by atoms with van der Waals surface area (Å²) in [5.41, 5.74) is 9.42. The van der Waals surface area contributed by atoms with Crippen molar-refractivity contribution in [3.05, 3.63) is 60.2 Å². The van der Waals surface area contributed by atoms with Gasteiger partial charge in [-0.25, -0.2) is 4.99 Å². The summed E-state index contributed by atoms with van der Waals surface area (Å²) in [6.45, 7) is 2.07. The second-order valence-electron chi connectivity index (χ2n) is 7.36. The summed E-state index contributed by atoms with van der Waals surface area (Å²) in [6.07, 6.45) is 1.48. The zero-order valence-electron chi connectivity index (χ0n) is 14.6. The number of carbonyl (C=O) groups excluding carboxylic acids is 1. The maximum atomic E-state index is 12.2. The van der Waals surface area contributed by atoms with Gasteiger partial charge in [-0.15, -0.1) is 0 Å². The van der Waals surface area contributed by atoms with Gasteiger partial charge < -0.3 is 5.73 Å². The third kappa shape index (κ3) is 2.72. The zero-order chi connectivity index (χ0) is 17.6. The molecule has 0 saturated heterocycles. The average Bonchev–Trinajstić information content (AvgIpc) is 3.42. The van der Waals surface area contributed by atoms with E-state index in [1.165, 1.54) is 21.6 Å². The van der Waals surface area contributed by atoms with Crippen LogP contribution in [0.4, 0.5) is 0 Å². The topological polar surface area (TPSA) is 58.7 Å². The van der Waals surface area contributed by atoms with Crippen molar-refractivity contribution in [2.45, 2.75) is 31.2 Å². The van der Waals surface area contributed by atoms with Crippen LogP contribution in [-0.4, -0.2) is 29.4 Å². The van der Waals surface area contributed by atoms with Crippen LogP contribution in [0, 0.1) is 5.92 Å². The van der Waals surface area contributed by atoms with Gasteiger partial charge in [0.1, 0.15) is 0 Å². The van der Waals surface area contributed by atoms with Crippen molar-refractivity contribution in [3.63, 3.8) is 0 Å². The summed E-state index contributed by atoms with van der Waals surface area (Å²) in [6, 6.07) is 19.0. The number of benzene rings is 2. The summed E-state index contributed by atoms with van der Waals surface area (Å²) in [7, 11) is 1.69. The molecule has 0 radical (unpaired) electrons. The van der Waals surface area contributed by atoms with Crippen LogP contribution in [0.5, 0.6) is 0 Å². The van der Waals surface area contributed by atoms with Crippen LogP contribution in [0.25, 0.3) is 11.1 Å². The zero-order valence-corrected chi connectivity index (χ0v) is 14.6. The first-order valence-electron chi connectivity index (χ1n) is 8.76. The van der Waals surface area contributed by atoms with Crippen LogP contribution in [0.15, 0.2) is 59.6 Å². The minimum absolute atomic E-state index is 0.0528. The van der Waals surface area contributed by atoms with E-state index >= 15 is 0 Å². The predicted octanol–water partition coefficient (Wildman–Crippen LogP) is 3.39. The highest BCUT2D eigenvalue weighted by molar-refractivity contribution is 5.98. The Balaban J connectivity index is 1.66. The van der Waals surface area contributed by atoms with Crippen molar-refractivity contribution in [1.82, 2.24) is 4.90 Å². The molecule has 0 spiro atoms. The highest BCUT2D eigenvalue weighted by Gasteiger charge is 2.54. The molecule has 25 heavy (non-hydrogen) atoms. The summed E-state index contributed by atoms with van der Waals surface area (Å²) >= 11 is 0. The fourth-order valence-corrected chi connectivity index (χ4v) is 4.07. The van der Waals surface area contributed by atoms with Gasteiger partial charge in [0.2, 0.25) is 5.91 Å². The molecule has 4 heteroatoms. The van der Waals surface area contributed by atoms with Gasteiger partial charge in [0.05, 0.1) is 12.0 Å². The minimum Gasteiger partial charge on any atom is -0.369 e. The van der Waals surface area contributed by atoms with Gasteiger partial charge in [-0.05, 0) is 41.9 Å². The van der Waals surface area contributed by atoms with Crippen molar-refractivity contribution in [3.8, 4) is 11.1 Å². The maximum Gasteiger partial charge on any atom is 0.231 e. The average molecular weight is 333 g/mol. The first kappa shape index (κ1) is 15.9. The number of nitrogens with two attached hydrogens (primary N) is 1. The van der Waals surface area contributed by atoms with E-state index in [1.54, 1.807) is 7.05 Å². The predicted molar refractivity (Wildman–Crippen MR) is 100 cm³/mol. The van der Waals surface area contributed by atoms with Crippen molar-refractivity contribution in [2.75, 3.05) is 7.05 Å². The second kappa shape index (κ2) is 5.73. The molecule has 1 heterocycles. The standard InChI is InChI=1S/C21H23N3O/c1-21(13-19(25)24(2)20(22)23-21)18-12-17(18)16-11-7-6-10-15(16)14-8-4-3-5-9-14/h3-11,17-18H,12-13H2,1-2H3,(H2,22,23)/t17-,18+,21-/m0/s1. The van der Waals surface area contributed by atoms with E-state index in [0.29, 0.717) is 24.2 Å². The lowest BCUT2D eigenvalue weighted by Gasteiger charge is -2.34. The number of guanidine groups is 1. The lowest BCUT2D eigenvalue weighted by molar-refractivity contribution is -0.128. The molecule has 0 bridgehead atoms. The third-order valence-electron chi connectivity index (χ3n) is 5.63. The van der Waals surface area contributed by atoms with E-state index in [4.69, 9.17) is 5.73 Å². The molecule has 128 valence electrons. The van der Waals surface area contributed by atoms with Gasteiger partial charge >= 0.3 is 0 Å². The largest absolute Gasteiger partial charge is 0.369 e. The molecule has 4 nitrogen and oxygen atoms in total. The fraction of sp³-hybridized carbons (Fsp3) is 0.333. The Hall–Kier alpha value is -2.62. The molecule has 2 aromatic carbocycles. The lowest BCUT2D eigenvalue weighted by atomic mass is 9.86. The summed E-state index contributed by atoms with van der Waals surface area (Å²) in [5, 5.41) is 0. The van der Waals surface area contributed by atoms with Crippen LogP contribution in [-0.2, 0) is 4.79 Å². The number of nitrogens with zero attached hydrogens (tertiary/aromatic N) is 2. The molecule has 2 aliphatic rings. The molecule has 2 aromatic rings. The Morgan fingerprint density at radius 2 is 1.80 bits per heavy atom. The molecule has 1 aliphatic carbocycles. The van der Waals surface area contributed by atoms with Gasteiger partial charge in [0.25, 0.3) is 0 Å². The van der Waals surface area contributed by atoms with Crippen molar-refractivity contribution >= 4 is 11.9 Å². The molecule has 2 N–H and O–H groups in total. The van der Waals surface area contributed by atoms with E-state index in [0.717, 1.165) is 6.42 Å². The highest BCUT2D eigenvalue weighted by atomic mass is 16.2. The molecule has 4 rings (SSSR count). The maximum absolute atomic E-state index is 12.2. The van der Waals surface area contributed by atoms with Crippen LogP contribution >= 0.6 is 0 Å². The Bertz CT molecular complexity index is 845. The summed E-state index contributed by atoms with van der Waals surface area (Å²) in [5.74, 6) is 1.17.